The molecule has 2 rings (SSSR count). The minimum atomic E-state index is -4.82. The summed E-state index contributed by atoms with van der Waals surface area (Å²) in [7, 11) is -4.82. The zero-order valence-corrected chi connectivity index (χ0v) is 15.0. The lowest BCUT2D eigenvalue weighted by molar-refractivity contribution is -0.384. The minimum absolute atomic E-state index is 0.0234. The van der Waals surface area contributed by atoms with Gasteiger partial charge in [0.1, 0.15) is 11.2 Å². The molecule has 0 saturated heterocycles. The van der Waals surface area contributed by atoms with Crippen LogP contribution in [0, 0.1) is 10.1 Å². The molecule has 0 spiro atoms. The number of likely N-dealkylation sites (N-methyl/N-ethyl adjacent to an activating group) is 1. The normalized spacial score (nSPS) is 11.8. The third kappa shape index (κ3) is 5.76. The van der Waals surface area contributed by atoms with Crippen molar-refractivity contribution < 1.29 is 22.1 Å². The fraction of sp³-hybridized carbons (Fsp3) is 0.333. The maximum atomic E-state index is 11.4. The maximum Gasteiger partial charge on any atom is 0.294 e. The Balaban J connectivity index is 2.22. The van der Waals surface area contributed by atoms with Crippen LogP contribution in [0.4, 0.5) is 22.2 Å². The van der Waals surface area contributed by atoms with Crippen LogP contribution < -0.4 is 4.90 Å². The Bertz CT molecular complexity index is 886. The molecule has 140 valence electrons. The van der Waals surface area contributed by atoms with Crippen LogP contribution in [-0.2, 0) is 14.6 Å². The van der Waals surface area contributed by atoms with Crippen LogP contribution in [0.2, 0.25) is 0 Å². The first kappa shape index (κ1) is 19.8. The van der Waals surface area contributed by atoms with Gasteiger partial charge in [0, 0.05) is 19.2 Å². The summed E-state index contributed by atoms with van der Waals surface area (Å²) in [4.78, 5) is 12.3. The first-order valence-corrected chi connectivity index (χ1v) is 9.33. The van der Waals surface area contributed by atoms with Gasteiger partial charge in [-0.15, -0.1) is 20.4 Å². The van der Waals surface area contributed by atoms with Crippen LogP contribution in [0.3, 0.4) is 0 Å². The zero-order chi connectivity index (χ0) is 19.2. The molecule has 26 heavy (non-hydrogen) atoms. The van der Waals surface area contributed by atoms with Gasteiger partial charge >= 0.3 is 0 Å². The lowest BCUT2D eigenvalue weighted by Crippen LogP contribution is -2.28. The molecule has 0 atom stereocenters. The second-order valence-corrected chi connectivity index (χ2v) is 6.53. The Labute approximate surface area is 152 Å². The zero-order valence-electron chi connectivity index (χ0n) is 13.4. The Kier molecular flexibility index (Phi) is 6.62. The summed E-state index contributed by atoms with van der Waals surface area (Å²) in [6, 6.07) is 4.20. The molecule has 0 saturated carbocycles. The lowest BCUT2D eigenvalue weighted by Gasteiger charge is -2.23. The van der Waals surface area contributed by atoms with E-state index in [1.807, 2.05) is 0 Å². The van der Waals surface area contributed by atoms with Gasteiger partial charge in [-0.25, -0.2) is 8.42 Å². The van der Waals surface area contributed by atoms with Crippen LogP contribution in [0.25, 0.3) is 0 Å². The highest BCUT2D eigenvalue weighted by Crippen LogP contribution is 2.33. The van der Waals surface area contributed by atoms with Gasteiger partial charge in [-0.1, -0.05) is 11.3 Å². The second-order valence-electron chi connectivity index (χ2n) is 4.66. The molecule has 0 radical (unpaired) electrons. The van der Waals surface area contributed by atoms with Crippen molar-refractivity contribution in [3.8, 4) is 0 Å². The third-order valence-electron chi connectivity index (χ3n) is 3.07. The molecule has 14 heteroatoms. The van der Waals surface area contributed by atoms with Crippen molar-refractivity contribution >= 4 is 43.9 Å². The number of hydrogen-bond acceptors (Lipinski definition) is 12. The highest BCUT2D eigenvalue weighted by Gasteiger charge is 2.19. The second kappa shape index (κ2) is 8.70. The molecule has 0 aliphatic rings. The van der Waals surface area contributed by atoms with Crippen molar-refractivity contribution in [3.63, 3.8) is 0 Å². The van der Waals surface area contributed by atoms with Crippen molar-refractivity contribution in [2.75, 3.05) is 24.6 Å². The van der Waals surface area contributed by atoms with Crippen LogP contribution in [-0.4, -0.2) is 47.8 Å². The van der Waals surface area contributed by atoms with E-state index in [9.17, 15) is 23.1 Å². The van der Waals surface area contributed by atoms with Gasteiger partial charge < -0.3 is 9.45 Å². The molecule has 1 aromatic heterocycles. The summed E-state index contributed by atoms with van der Waals surface area (Å²) in [6.45, 7) is 1.60. The van der Waals surface area contributed by atoms with Gasteiger partial charge in [-0.3, -0.25) is 14.3 Å². The first-order chi connectivity index (χ1) is 12.3. The average molecular weight is 401 g/mol. The molecule has 0 amide bonds. The predicted molar refractivity (Wildman–Crippen MR) is 90.7 cm³/mol. The van der Waals surface area contributed by atoms with E-state index in [2.05, 4.69) is 24.6 Å². The fourth-order valence-electron chi connectivity index (χ4n) is 2.00. The van der Waals surface area contributed by atoms with Gasteiger partial charge in [-0.2, -0.15) is 0 Å². The number of rotatable bonds is 9. The SMILES string of the molecule is CCN(CCOS(=O)(=O)[O-])c1ccc(N=Nc2nncs2)cc1[N+](=O)[O-]. The Morgan fingerprint density at radius 2 is 2.15 bits per heavy atom. The number of hydrogen-bond donors (Lipinski definition) is 0. The van der Waals surface area contributed by atoms with Gasteiger partial charge in [0.2, 0.25) is 10.4 Å². The smallest absolute Gasteiger partial charge is 0.294 e. The van der Waals surface area contributed by atoms with Crippen LogP contribution in [0.1, 0.15) is 6.92 Å². The Hall–Kier alpha value is -2.55. The summed E-state index contributed by atoms with van der Waals surface area (Å²) in [5.74, 6) is 0. The van der Waals surface area contributed by atoms with E-state index in [0.29, 0.717) is 11.7 Å². The topological polar surface area (TPSA) is 163 Å². The van der Waals surface area contributed by atoms with Crippen molar-refractivity contribution in [2.45, 2.75) is 6.92 Å². The lowest BCUT2D eigenvalue weighted by atomic mass is 10.2. The van der Waals surface area contributed by atoms with Crippen molar-refractivity contribution in [3.05, 3.63) is 33.8 Å². The molecular weight excluding hydrogens is 388 g/mol. The summed E-state index contributed by atoms with van der Waals surface area (Å²) in [5.41, 5.74) is 1.71. The van der Waals surface area contributed by atoms with Crippen LogP contribution in [0.5, 0.6) is 0 Å². The molecule has 12 nitrogen and oxygen atoms in total. The summed E-state index contributed by atoms with van der Waals surface area (Å²) in [6.07, 6.45) is 0. The van der Waals surface area contributed by atoms with Gasteiger partial charge in [-0.05, 0) is 19.1 Å². The number of nitro groups is 1. The minimum Gasteiger partial charge on any atom is -0.726 e. The fourth-order valence-corrected chi connectivity index (χ4v) is 2.65. The molecule has 1 aromatic carbocycles. The van der Waals surface area contributed by atoms with Gasteiger partial charge in [0.15, 0.2) is 0 Å². The predicted octanol–water partition coefficient (Wildman–Crippen LogP) is 2.16. The largest absolute Gasteiger partial charge is 0.726 e. The molecule has 0 aliphatic heterocycles. The standard InChI is InChI=1S/C12H14N6O6S2/c1-2-17(5-6-24-26(21,22)23)10-4-3-9(7-11(10)18(19)20)14-16-12-15-13-8-25-12/h3-4,7-8H,2,5-6H2,1H3,(H,21,22,23)/p-1. The van der Waals surface area contributed by atoms with Crippen molar-refractivity contribution in [1.29, 1.82) is 0 Å². The quantitative estimate of drug-likeness (QED) is 0.201. The number of benzene rings is 1. The van der Waals surface area contributed by atoms with E-state index in [1.165, 1.54) is 28.6 Å². The highest BCUT2D eigenvalue weighted by molar-refractivity contribution is 7.80. The molecular formula is C12H13N6O6S2-. The number of nitro benzene ring substituents is 1. The van der Waals surface area contributed by atoms with Gasteiger partial charge in [0.25, 0.3) is 10.8 Å². The van der Waals surface area contributed by atoms with Crippen LogP contribution >= 0.6 is 11.3 Å². The summed E-state index contributed by atoms with van der Waals surface area (Å²) < 4.78 is 35.6. The number of anilines is 1. The van der Waals surface area contributed by atoms with E-state index >= 15 is 0 Å². The number of aromatic nitrogens is 2. The van der Waals surface area contributed by atoms with E-state index < -0.39 is 21.9 Å². The molecule has 1 heterocycles. The third-order valence-corrected chi connectivity index (χ3v) is 4.10. The van der Waals surface area contributed by atoms with E-state index in [0.717, 1.165) is 11.3 Å². The highest BCUT2D eigenvalue weighted by atomic mass is 32.3. The summed E-state index contributed by atoms with van der Waals surface area (Å²) in [5, 5.41) is 26.7. The maximum absolute atomic E-state index is 11.4. The van der Waals surface area contributed by atoms with E-state index in [1.54, 1.807) is 6.92 Å². The van der Waals surface area contributed by atoms with Crippen molar-refractivity contribution in [1.82, 2.24) is 10.2 Å². The monoisotopic (exact) mass is 401 g/mol. The number of azo groups is 1. The molecule has 0 bridgehead atoms. The first-order valence-electron chi connectivity index (χ1n) is 7.11. The number of nitrogens with zero attached hydrogens (tertiary/aromatic N) is 6. The summed E-state index contributed by atoms with van der Waals surface area (Å²) >= 11 is 1.16. The van der Waals surface area contributed by atoms with Crippen molar-refractivity contribution in [2.24, 2.45) is 10.2 Å². The molecule has 2 aromatic rings. The Morgan fingerprint density at radius 1 is 1.38 bits per heavy atom. The van der Waals surface area contributed by atoms with E-state index in [-0.39, 0.29) is 23.6 Å². The molecule has 0 N–H and O–H groups in total. The molecule has 0 unspecified atom stereocenters. The average Bonchev–Trinajstić information content (AvgIpc) is 3.09. The van der Waals surface area contributed by atoms with E-state index in [4.69, 9.17) is 0 Å². The van der Waals surface area contributed by atoms with Gasteiger partial charge in [0.05, 0.1) is 17.2 Å². The molecule has 0 aliphatic carbocycles. The van der Waals surface area contributed by atoms with Crippen LogP contribution in [0.15, 0.2) is 33.9 Å². The molecule has 0 fully saturated rings. The Morgan fingerprint density at radius 3 is 2.73 bits per heavy atom.